The van der Waals surface area contributed by atoms with E-state index in [0.29, 0.717) is 25.3 Å². The number of allylic oxidation sites excluding steroid dienone is 1. The summed E-state index contributed by atoms with van der Waals surface area (Å²) in [6.45, 7) is 3.33. The second-order valence-electron chi connectivity index (χ2n) is 10.6. The van der Waals surface area contributed by atoms with Crippen LogP contribution in [0.3, 0.4) is 0 Å². The lowest BCUT2D eigenvalue weighted by atomic mass is 9.85. The molecule has 3 N–H and O–H groups in total. The largest absolute Gasteiger partial charge is 0.484 e. The molecule has 2 aliphatic heterocycles. The summed E-state index contributed by atoms with van der Waals surface area (Å²) in [6.07, 6.45) is 5.24. The molecule has 200 valence electrons. The number of nitrogens with zero attached hydrogens (tertiary/aromatic N) is 2. The third kappa shape index (κ3) is 5.27. The number of hydrogen-bond donors (Lipinski definition) is 3. The molecule has 6 rings (SSSR count). The first-order valence-electron chi connectivity index (χ1n) is 13.7. The van der Waals surface area contributed by atoms with Gasteiger partial charge in [0.15, 0.2) is 6.61 Å². The Bertz CT molecular complexity index is 1550. The number of likely N-dealkylation sites (tertiary alicyclic amines) is 1. The number of aliphatic hydroxyl groups excluding tert-OH is 1. The monoisotopic (exact) mass is 522 g/mol. The number of H-pyrrole nitrogens is 1. The van der Waals surface area contributed by atoms with E-state index in [9.17, 15) is 9.90 Å². The molecule has 0 aliphatic carbocycles. The smallest absolute Gasteiger partial charge is 0.260 e. The highest BCUT2D eigenvalue weighted by Gasteiger charge is 2.30. The van der Waals surface area contributed by atoms with Crippen molar-refractivity contribution in [1.82, 2.24) is 15.2 Å². The van der Waals surface area contributed by atoms with Crippen LogP contribution >= 0.6 is 0 Å². The normalized spacial score (nSPS) is 20.8. The number of aromatic nitrogens is 1. The molecule has 1 fully saturated rings. The number of piperidine rings is 1. The standard InChI is InChI=1S/C32H34N4O3/c1-21-18-33-20-34-30(25-7-3-2-6-24(21)25)17-31(37)22-12-14-36(15-13-22)32(38)19-39-23-10-11-29-27(16-23)26-8-4-5-9-28(26)35-29/h2-11,16,18,20,22,30-31,35,37H,12-15,17,19H2,1H3,(H,33,34)/b21-18+. The molecule has 3 aromatic carbocycles. The van der Waals surface area contributed by atoms with Crippen molar-refractivity contribution in [2.75, 3.05) is 19.7 Å². The van der Waals surface area contributed by atoms with Crippen molar-refractivity contribution in [2.45, 2.75) is 38.3 Å². The number of aliphatic imine (C=N–C) groups is 1. The Labute approximate surface area is 228 Å². The third-order valence-corrected chi connectivity index (χ3v) is 8.13. The molecule has 1 saturated heterocycles. The summed E-state index contributed by atoms with van der Waals surface area (Å²) in [7, 11) is 0. The lowest BCUT2D eigenvalue weighted by Crippen LogP contribution is -2.43. The van der Waals surface area contributed by atoms with Crippen LogP contribution in [-0.4, -0.2) is 53.0 Å². The fourth-order valence-corrected chi connectivity index (χ4v) is 5.92. The van der Waals surface area contributed by atoms with Crippen LogP contribution in [0, 0.1) is 5.92 Å². The lowest BCUT2D eigenvalue weighted by Gasteiger charge is -2.35. The highest BCUT2D eigenvalue weighted by Crippen LogP contribution is 2.32. The highest BCUT2D eigenvalue weighted by molar-refractivity contribution is 6.07. The zero-order chi connectivity index (χ0) is 26.8. The molecule has 7 nitrogen and oxygen atoms in total. The summed E-state index contributed by atoms with van der Waals surface area (Å²) in [5.74, 6) is 0.815. The van der Waals surface area contributed by atoms with Gasteiger partial charge >= 0.3 is 0 Å². The number of amides is 1. The Hall–Kier alpha value is -4.10. The van der Waals surface area contributed by atoms with Crippen LogP contribution in [0.25, 0.3) is 27.4 Å². The summed E-state index contributed by atoms with van der Waals surface area (Å²) in [4.78, 5) is 22.5. The fourth-order valence-electron chi connectivity index (χ4n) is 5.92. The first-order valence-corrected chi connectivity index (χ1v) is 13.7. The molecular weight excluding hydrogens is 488 g/mol. The van der Waals surface area contributed by atoms with Crippen LogP contribution in [-0.2, 0) is 4.79 Å². The molecule has 1 amide bonds. The maximum Gasteiger partial charge on any atom is 0.260 e. The van der Waals surface area contributed by atoms with Crippen LogP contribution in [0.15, 0.2) is 77.9 Å². The first-order chi connectivity index (χ1) is 19.1. The van der Waals surface area contributed by atoms with Crippen LogP contribution in [0.5, 0.6) is 5.75 Å². The van der Waals surface area contributed by atoms with E-state index in [1.807, 2.05) is 53.6 Å². The van der Waals surface area contributed by atoms with Crippen molar-refractivity contribution in [1.29, 1.82) is 0 Å². The van der Waals surface area contributed by atoms with Gasteiger partial charge in [-0.1, -0.05) is 42.5 Å². The number of para-hydroxylation sites is 1. The molecule has 4 aromatic rings. The minimum atomic E-state index is -0.468. The minimum absolute atomic E-state index is 0.00998. The molecule has 7 heteroatoms. The predicted molar refractivity (Wildman–Crippen MR) is 156 cm³/mol. The van der Waals surface area contributed by atoms with Crippen molar-refractivity contribution in [3.8, 4) is 5.75 Å². The van der Waals surface area contributed by atoms with Gasteiger partial charge in [0.1, 0.15) is 5.75 Å². The van der Waals surface area contributed by atoms with Gasteiger partial charge in [-0.25, -0.2) is 4.99 Å². The summed E-state index contributed by atoms with van der Waals surface area (Å²) in [5, 5.41) is 16.8. The van der Waals surface area contributed by atoms with Gasteiger partial charge in [0.25, 0.3) is 5.91 Å². The summed E-state index contributed by atoms with van der Waals surface area (Å²) < 4.78 is 5.91. The molecule has 0 spiro atoms. The molecule has 2 aliphatic rings. The summed E-state index contributed by atoms with van der Waals surface area (Å²) in [6, 6.07) is 22.3. The number of carbonyl (C=O) groups excluding carboxylic acids is 1. The Morgan fingerprint density at radius 3 is 2.69 bits per heavy atom. The Balaban J connectivity index is 1.03. The predicted octanol–water partition coefficient (Wildman–Crippen LogP) is 5.42. The number of nitrogens with one attached hydrogen (secondary N) is 2. The molecule has 0 bridgehead atoms. The quantitative estimate of drug-likeness (QED) is 0.315. The Morgan fingerprint density at radius 1 is 1.05 bits per heavy atom. The van der Waals surface area contributed by atoms with Crippen LogP contribution in [0.4, 0.5) is 0 Å². The van der Waals surface area contributed by atoms with Crippen molar-refractivity contribution >= 4 is 39.6 Å². The summed E-state index contributed by atoms with van der Waals surface area (Å²) >= 11 is 0. The van der Waals surface area contributed by atoms with E-state index in [2.05, 4.69) is 46.5 Å². The molecule has 39 heavy (non-hydrogen) atoms. The summed E-state index contributed by atoms with van der Waals surface area (Å²) in [5.41, 5.74) is 5.57. The van der Waals surface area contributed by atoms with Gasteiger partial charge in [-0.05, 0) is 73.1 Å². The molecule has 2 unspecified atom stereocenters. The topological polar surface area (TPSA) is 90.0 Å². The van der Waals surface area contributed by atoms with Gasteiger partial charge in [0.2, 0.25) is 0 Å². The number of benzene rings is 3. The Kier molecular flexibility index (Phi) is 7.07. The average molecular weight is 523 g/mol. The molecule has 0 saturated carbocycles. The van der Waals surface area contributed by atoms with Gasteiger partial charge in [0.05, 0.1) is 18.5 Å². The van der Waals surface area contributed by atoms with Crippen molar-refractivity contribution in [2.24, 2.45) is 10.9 Å². The van der Waals surface area contributed by atoms with E-state index in [1.165, 1.54) is 5.56 Å². The number of hydrogen-bond acceptors (Lipinski definition) is 5. The highest BCUT2D eigenvalue weighted by atomic mass is 16.5. The number of aliphatic hydroxyl groups is 1. The third-order valence-electron chi connectivity index (χ3n) is 8.13. The van der Waals surface area contributed by atoms with E-state index in [0.717, 1.165) is 45.8 Å². The maximum atomic E-state index is 12.9. The van der Waals surface area contributed by atoms with Crippen molar-refractivity contribution < 1.29 is 14.6 Å². The first kappa shape index (κ1) is 25.2. The van der Waals surface area contributed by atoms with Crippen LogP contribution in [0.2, 0.25) is 0 Å². The van der Waals surface area contributed by atoms with Gasteiger partial charge in [-0.15, -0.1) is 0 Å². The second kappa shape index (κ2) is 10.9. The van der Waals surface area contributed by atoms with E-state index in [4.69, 9.17) is 4.74 Å². The number of ether oxygens (including phenoxy) is 1. The molecular formula is C32H34N4O3. The Morgan fingerprint density at radius 2 is 1.82 bits per heavy atom. The van der Waals surface area contributed by atoms with Crippen molar-refractivity contribution in [3.05, 3.63) is 84.1 Å². The lowest BCUT2D eigenvalue weighted by molar-refractivity contribution is -0.135. The van der Waals surface area contributed by atoms with E-state index >= 15 is 0 Å². The number of carbonyl (C=O) groups is 1. The second-order valence-corrected chi connectivity index (χ2v) is 10.6. The van der Waals surface area contributed by atoms with Crippen LogP contribution in [0.1, 0.15) is 43.4 Å². The molecule has 1 aromatic heterocycles. The zero-order valence-corrected chi connectivity index (χ0v) is 22.1. The fraction of sp³-hybridized carbons (Fsp3) is 0.312. The number of fused-ring (bicyclic) bond motifs is 4. The maximum absolute atomic E-state index is 12.9. The van der Waals surface area contributed by atoms with E-state index in [-0.39, 0.29) is 24.5 Å². The van der Waals surface area contributed by atoms with Gasteiger partial charge in [-0.3, -0.25) is 4.79 Å². The van der Waals surface area contributed by atoms with E-state index in [1.54, 1.807) is 6.34 Å². The van der Waals surface area contributed by atoms with Crippen molar-refractivity contribution in [3.63, 3.8) is 0 Å². The zero-order valence-electron chi connectivity index (χ0n) is 22.1. The van der Waals surface area contributed by atoms with Gasteiger partial charge < -0.3 is 25.0 Å². The van der Waals surface area contributed by atoms with Gasteiger partial charge in [-0.2, -0.15) is 0 Å². The van der Waals surface area contributed by atoms with E-state index < -0.39 is 6.10 Å². The molecule has 0 radical (unpaired) electrons. The molecule has 3 heterocycles. The number of rotatable bonds is 6. The minimum Gasteiger partial charge on any atom is -0.484 e. The molecule has 2 atom stereocenters. The number of aromatic amines is 1. The van der Waals surface area contributed by atoms with Gasteiger partial charge in [0, 0.05) is 41.1 Å². The van der Waals surface area contributed by atoms with Crippen LogP contribution < -0.4 is 10.1 Å². The SMILES string of the molecule is C/C1=C\N=C/NC(CC(O)C2CCN(C(=O)COc3ccc4[nH]c5ccccc5c4c3)CC2)c2ccccc21. The average Bonchev–Trinajstić information content (AvgIpc) is 3.34.